The molecule has 4 saturated carbocycles. The number of nitrogens with one attached hydrogen (secondary N) is 1. The zero-order valence-electron chi connectivity index (χ0n) is 14.3. The molecule has 0 amide bonds. The summed E-state index contributed by atoms with van der Waals surface area (Å²) in [7, 11) is 0. The molecule has 0 aromatic carbocycles. The molecule has 1 N–H and O–H groups in total. The largest absolute Gasteiger partial charge is 0.374 e. The van der Waals surface area contributed by atoms with Gasteiger partial charge in [-0.1, -0.05) is 32.1 Å². The SMILES string of the molecule is C1CCCCN/C(=N\C23CC4CC(CC(C4)C2)C3)CCCC1. The van der Waals surface area contributed by atoms with E-state index in [2.05, 4.69) is 5.32 Å². The van der Waals surface area contributed by atoms with Crippen LogP contribution in [0.1, 0.15) is 89.9 Å². The molecule has 2 heteroatoms. The van der Waals surface area contributed by atoms with Crippen molar-refractivity contribution in [3.8, 4) is 0 Å². The Bertz CT molecular complexity index is 363. The van der Waals surface area contributed by atoms with E-state index in [1.54, 1.807) is 0 Å². The first-order valence-electron chi connectivity index (χ1n) is 10.1. The maximum atomic E-state index is 5.44. The van der Waals surface area contributed by atoms with Crippen LogP contribution in [0.3, 0.4) is 0 Å². The second kappa shape index (κ2) is 6.53. The molecule has 22 heavy (non-hydrogen) atoms. The fourth-order valence-electron chi connectivity index (χ4n) is 6.21. The predicted molar refractivity (Wildman–Crippen MR) is 93.3 cm³/mol. The molecule has 5 rings (SSSR count). The molecule has 0 unspecified atom stereocenters. The molecule has 0 atom stereocenters. The van der Waals surface area contributed by atoms with Gasteiger partial charge in [0.25, 0.3) is 0 Å². The highest BCUT2D eigenvalue weighted by atomic mass is 15.0. The Morgan fingerprint density at radius 3 is 1.91 bits per heavy atom. The molecule has 0 spiro atoms. The molecule has 5 aliphatic rings. The van der Waals surface area contributed by atoms with E-state index in [4.69, 9.17) is 4.99 Å². The molecule has 124 valence electrons. The summed E-state index contributed by atoms with van der Waals surface area (Å²) >= 11 is 0. The molecule has 1 saturated heterocycles. The Balaban J connectivity index is 1.46. The Kier molecular flexibility index (Phi) is 4.46. The van der Waals surface area contributed by atoms with Crippen LogP contribution in [0.15, 0.2) is 4.99 Å². The second-order valence-corrected chi connectivity index (χ2v) is 8.85. The number of hydrogen-bond acceptors (Lipinski definition) is 1. The van der Waals surface area contributed by atoms with Gasteiger partial charge in [0.2, 0.25) is 0 Å². The number of hydrogen-bond donors (Lipinski definition) is 1. The molecule has 0 aromatic rings. The van der Waals surface area contributed by atoms with Gasteiger partial charge in [0.05, 0.1) is 11.4 Å². The Morgan fingerprint density at radius 2 is 1.27 bits per heavy atom. The summed E-state index contributed by atoms with van der Waals surface area (Å²) < 4.78 is 0. The zero-order valence-corrected chi connectivity index (χ0v) is 14.3. The molecule has 4 aliphatic carbocycles. The zero-order chi connectivity index (χ0) is 14.8. The predicted octanol–water partition coefficient (Wildman–Crippen LogP) is 5.08. The van der Waals surface area contributed by atoms with Crippen LogP contribution < -0.4 is 5.32 Å². The standard InChI is InChI=1S/C20H34N2/c1-2-4-6-8-19(21-9-7-5-3-1)22-20-13-16-10-17(14-20)12-18(11-16)15-20/h16-18H,1-15H2,(H,21,22). The molecule has 5 fully saturated rings. The fraction of sp³-hybridized carbons (Fsp3) is 0.950. The topological polar surface area (TPSA) is 24.4 Å². The van der Waals surface area contributed by atoms with Crippen molar-refractivity contribution in [3.63, 3.8) is 0 Å². The number of aliphatic imine (C=N–C) groups is 1. The summed E-state index contributed by atoms with van der Waals surface area (Å²) in [5, 5.41) is 3.74. The maximum Gasteiger partial charge on any atom is 0.0969 e. The third-order valence-electron chi connectivity index (χ3n) is 6.80. The molecule has 4 bridgehead atoms. The lowest BCUT2D eigenvalue weighted by Gasteiger charge is -2.55. The van der Waals surface area contributed by atoms with E-state index in [-0.39, 0.29) is 0 Å². The summed E-state index contributed by atoms with van der Waals surface area (Å²) in [6, 6.07) is 0. The van der Waals surface area contributed by atoms with Crippen molar-refractivity contribution in [2.24, 2.45) is 22.7 Å². The van der Waals surface area contributed by atoms with Gasteiger partial charge >= 0.3 is 0 Å². The van der Waals surface area contributed by atoms with Crippen molar-refractivity contribution in [2.75, 3.05) is 6.54 Å². The van der Waals surface area contributed by atoms with Crippen LogP contribution >= 0.6 is 0 Å². The van der Waals surface area contributed by atoms with E-state index in [0.717, 1.165) is 24.3 Å². The minimum absolute atomic E-state index is 0.358. The second-order valence-electron chi connectivity index (χ2n) is 8.85. The van der Waals surface area contributed by atoms with Gasteiger partial charge in [-0.2, -0.15) is 0 Å². The minimum Gasteiger partial charge on any atom is -0.374 e. The lowest BCUT2D eigenvalue weighted by Crippen LogP contribution is -2.50. The maximum absolute atomic E-state index is 5.44. The average Bonchev–Trinajstić information content (AvgIpc) is 2.52. The highest BCUT2D eigenvalue weighted by Crippen LogP contribution is 2.57. The first-order chi connectivity index (χ1) is 10.8. The summed E-state index contributed by atoms with van der Waals surface area (Å²) in [6.07, 6.45) is 19.8. The van der Waals surface area contributed by atoms with Crippen molar-refractivity contribution < 1.29 is 0 Å². The minimum atomic E-state index is 0.358. The van der Waals surface area contributed by atoms with Gasteiger partial charge < -0.3 is 5.32 Å². The van der Waals surface area contributed by atoms with Crippen LogP contribution in [0, 0.1) is 17.8 Å². The van der Waals surface area contributed by atoms with Gasteiger partial charge in [0.15, 0.2) is 0 Å². The fourth-order valence-corrected chi connectivity index (χ4v) is 6.21. The van der Waals surface area contributed by atoms with E-state index < -0.39 is 0 Å². The smallest absolute Gasteiger partial charge is 0.0969 e. The summed E-state index contributed by atoms with van der Waals surface area (Å²) in [5.74, 6) is 4.42. The lowest BCUT2D eigenvalue weighted by molar-refractivity contribution is 0.00142. The molecule has 1 heterocycles. The average molecular weight is 303 g/mol. The summed E-state index contributed by atoms with van der Waals surface area (Å²) in [5.41, 5.74) is 0.358. The van der Waals surface area contributed by atoms with Gasteiger partial charge in [-0.3, -0.25) is 4.99 Å². The van der Waals surface area contributed by atoms with Crippen LogP contribution in [0.25, 0.3) is 0 Å². The quantitative estimate of drug-likeness (QED) is 0.718. The Labute approximate surface area is 136 Å². The van der Waals surface area contributed by atoms with E-state index in [1.807, 2.05) is 0 Å². The van der Waals surface area contributed by atoms with Gasteiger partial charge in [-0.05, 0) is 69.1 Å². The van der Waals surface area contributed by atoms with E-state index >= 15 is 0 Å². The third-order valence-corrected chi connectivity index (χ3v) is 6.80. The highest BCUT2D eigenvalue weighted by Gasteiger charge is 2.51. The van der Waals surface area contributed by atoms with Crippen molar-refractivity contribution in [2.45, 2.75) is 95.4 Å². The van der Waals surface area contributed by atoms with E-state index in [9.17, 15) is 0 Å². The molecular formula is C20H34N2. The van der Waals surface area contributed by atoms with Crippen LogP contribution in [-0.4, -0.2) is 17.9 Å². The van der Waals surface area contributed by atoms with Gasteiger partial charge in [-0.25, -0.2) is 0 Å². The van der Waals surface area contributed by atoms with Crippen LogP contribution in [0.2, 0.25) is 0 Å². The monoisotopic (exact) mass is 302 g/mol. The van der Waals surface area contributed by atoms with Crippen molar-refractivity contribution in [3.05, 3.63) is 0 Å². The van der Waals surface area contributed by atoms with Gasteiger partial charge in [0, 0.05) is 13.0 Å². The summed E-state index contributed by atoms with van der Waals surface area (Å²) in [6.45, 7) is 1.16. The normalized spacial score (nSPS) is 44.5. The molecule has 0 radical (unpaired) electrons. The molecular weight excluding hydrogens is 268 g/mol. The van der Waals surface area contributed by atoms with E-state index in [0.29, 0.717) is 5.54 Å². The Hall–Kier alpha value is -0.530. The van der Waals surface area contributed by atoms with Gasteiger partial charge in [0.1, 0.15) is 0 Å². The summed E-state index contributed by atoms with van der Waals surface area (Å²) in [4.78, 5) is 5.44. The van der Waals surface area contributed by atoms with Crippen LogP contribution in [-0.2, 0) is 0 Å². The van der Waals surface area contributed by atoms with E-state index in [1.165, 1.54) is 95.7 Å². The number of amidine groups is 1. The highest BCUT2D eigenvalue weighted by molar-refractivity contribution is 5.82. The third kappa shape index (κ3) is 3.36. The van der Waals surface area contributed by atoms with Crippen molar-refractivity contribution in [1.82, 2.24) is 5.32 Å². The lowest BCUT2D eigenvalue weighted by atomic mass is 9.53. The number of nitrogens with zero attached hydrogens (tertiary/aromatic N) is 1. The van der Waals surface area contributed by atoms with Gasteiger partial charge in [-0.15, -0.1) is 0 Å². The first kappa shape index (κ1) is 15.0. The van der Waals surface area contributed by atoms with Crippen LogP contribution in [0.5, 0.6) is 0 Å². The van der Waals surface area contributed by atoms with Crippen molar-refractivity contribution in [1.29, 1.82) is 0 Å². The molecule has 1 aliphatic heterocycles. The van der Waals surface area contributed by atoms with Crippen LogP contribution in [0.4, 0.5) is 0 Å². The number of rotatable bonds is 1. The Morgan fingerprint density at radius 1 is 0.727 bits per heavy atom. The first-order valence-corrected chi connectivity index (χ1v) is 10.1. The molecule has 0 aromatic heterocycles. The molecule has 2 nitrogen and oxygen atoms in total. The van der Waals surface area contributed by atoms with Crippen molar-refractivity contribution >= 4 is 5.84 Å².